The molecular weight excluding hydrogens is 284 g/mol. The van der Waals surface area contributed by atoms with Crippen LogP contribution in [0.5, 0.6) is 0 Å². The van der Waals surface area contributed by atoms with Crippen molar-refractivity contribution in [3.05, 3.63) is 35.8 Å². The predicted molar refractivity (Wildman–Crippen MR) is 82.8 cm³/mol. The van der Waals surface area contributed by atoms with Crippen LogP contribution >= 0.6 is 11.3 Å². The molecular formula is C14H15N6S+. The summed E-state index contributed by atoms with van der Waals surface area (Å²) in [5.74, 6) is 0. The zero-order valence-corrected chi connectivity index (χ0v) is 12.4. The van der Waals surface area contributed by atoms with Crippen molar-refractivity contribution in [1.82, 2.24) is 0 Å². The standard InChI is InChI=1S/C14H15N6S/c1-19(8-2-7-15)13-5-3-12(4-6-13)17-18-14-20(11-16)9-10-21-14/h3-6,9-11,16H,2,8H2,1H3/q+1. The van der Waals surface area contributed by atoms with E-state index in [0.717, 1.165) is 11.4 Å². The van der Waals surface area contributed by atoms with Gasteiger partial charge in [-0.2, -0.15) is 15.2 Å². The summed E-state index contributed by atoms with van der Waals surface area (Å²) < 4.78 is 1.60. The Labute approximate surface area is 127 Å². The Bertz CT molecular complexity index is 668. The summed E-state index contributed by atoms with van der Waals surface area (Å²) in [6.45, 7) is 0.700. The smallest absolute Gasteiger partial charge is 0.349 e. The van der Waals surface area contributed by atoms with Crippen molar-refractivity contribution in [2.75, 3.05) is 18.5 Å². The van der Waals surface area contributed by atoms with Crippen LogP contribution in [0.3, 0.4) is 0 Å². The second kappa shape index (κ2) is 7.26. The fraction of sp³-hybridized carbons (Fsp3) is 0.214. The van der Waals surface area contributed by atoms with Crippen molar-refractivity contribution in [1.29, 1.82) is 10.7 Å². The van der Waals surface area contributed by atoms with E-state index in [0.29, 0.717) is 18.1 Å². The number of benzene rings is 1. The van der Waals surface area contributed by atoms with E-state index < -0.39 is 0 Å². The molecule has 0 aliphatic carbocycles. The molecule has 0 saturated carbocycles. The molecule has 106 valence electrons. The minimum Gasteiger partial charge on any atom is -0.374 e. The highest BCUT2D eigenvalue weighted by Crippen LogP contribution is 2.22. The van der Waals surface area contributed by atoms with E-state index in [1.54, 1.807) is 10.8 Å². The third-order valence-corrected chi connectivity index (χ3v) is 3.62. The molecule has 0 spiro atoms. The van der Waals surface area contributed by atoms with Gasteiger partial charge in [0.05, 0.1) is 18.7 Å². The number of aromatic nitrogens is 1. The van der Waals surface area contributed by atoms with Gasteiger partial charge in [-0.3, -0.25) is 0 Å². The molecule has 0 atom stereocenters. The summed E-state index contributed by atoms with van der Waals surface area (Å²) in [4.78, 5) is 2.02. The van der Waals surface area contributed by atoms with Gasteiger partial charge in [0.1, 0.15) is 5.69 Å². The fourth-order valence-electron chi connectivity index (χ4n) is 1.68. The molecule has 0 radical (unpaired) electrons. The van der Waals surface area contributed by atoms with Crippen LogP contribution < -0.4 is 9.47 Å². The van der Waals surface area contributed by atoms with Crippen LogP contribution in [-0.2, 0) is 0 Å². The number of rotatable bonds is 6. The highest BCUT2D eigenvalue weighted by molar-refractivity contribution is 7.12. The van der Waals surface area contributed by atoms with Gasteiger partial charge in [-0.15, -0.1) is 0 Å². The van der Waals surface area contributed by atoms with E-state index >= 15 is 0 Å². The molecule has 0 bridgehead atoms. The lowest BCUT2D eigenvalue weighted by atomic mass is 10.2. The van der Waals surface area contributed by atoms with E-state index in [1.807, 2.05) is 41.6 Å². The number of azo groups is 1. The number of hydrogen-bond acceptors (Lipinski definition) is 6. The Morgan fingerprint density at radius 3 is 2.81 bits per heavy atom. The van der Waals surface area contributed by atoms with E-state index in [9.17, 15) is 0 Å². The number of nitrogens with zero attached hydrogens (tertiary/aromatic N) is 5. The Morgan fingerprint density at radius 2 is 2.14 bits per heavy atom. The molecule has 0 fully saturated rings. The first-order valence-electron chi connectivity index (χ1n) is 6.33. The summed E-state index contributed by atoms with van der Waals surface area (Å²) in [7, 11) is 1.95. The second-order valence-corrected chi connectivity index (χ2v) is 5.14. The predicted octanol–water partition coefficient (Wildman–Crippen LogP) is 3.26. The maximum absolute atomic E-state index is 8.59. The van der Waals surface area contributed by atoms with Crippen LogP contribution in [0.1, 0.15) is 6.42 Å². The molecule has 1 aromatic heterocycles. The van der Waals surface area contributed by atoms with E-state index in [2.05, 4.69) is 16.3 Å². The average molecular weight is 299 g/mol. The van der Waals surface area contributed by atoms with Gasteiger partial charge in [0, 0.05) is 29.8 Å². The highest BCUT2D eigenvalue weighted by atomic mass is 32.1. The number of anilines is 1. The summed E-state index contributed by atoms with van der Waals surface area (Å²) >= 11 is 1.42. The average Bonchev–Trinajstić information content (AvgIpc) is 2.98. The van der Waals surface area contributed by atoms with Gasteiger partial charge in [-0.25, -0.2) is 0 Å². The fourth-order valence-corrected chi connectivity index (χ4v) is 2.31. The topological polar surface area (TPSA) is 79.5 Å². The lowest BCUT2D eigenvalue weighted by molar-refractivity contribution is -0.527. The molecule has 1 N–H and O–H groups in total. The van der Waals surface area contributed by atoms with Gasteiger partial charge in [0.25, 0.3) is 0 Å². The molecule has 0 saturated heterocycles. The van der Waals surface area contributed by atoms with Crippen molar-refractivity contribution in [2.24, 2.45) is 10.2 Å². The van der Waals surface area contributed by atoms with Gasteiger partial charge in [-0.05, 0) is 24.3 Å². The Balaban J connectivity index is 2.06. The van der Waals surface area contributed by atoms with Crippen LogP contribution in [0.25, 0.3) is 0 Å². The normalized spacial score (nSPS) is 10.5. The van der Waals surface area contributed by atoms with Gasteiger partial charge in [0.2, 0.25) is 6.34 Å². The van der Waals surface area contributed by atoms with E-state index in [4.69, 9.17) is 10.7 Å². The summed E-state index contributed by atoms with van der Waals surface area (Å²) in [5, 5.41) is 26.6. The summed E-state index contributed by atoms with van der Waals surface area (Å²) in [6, 6.07) is 9.79. The SMILES string of the molecule is CN(CCC#N)c1ccc(N=Nc2scc[n+]2C=N)cc1. The first kappa shape index (κ1) is 14.8. The first-order chi connectivity index (χ1) is 10.2. The molecule has 0 aliphatic rings. The van der Waals surface area contributed by atoms with E-state index in [-0.39, 0.29) is 0 Å². The minimum absolute atomic E-state index is 0.500. The van der Waals surface area contributed by atoms with Crippen molar-refractivity contribution in [3.63, 3.8) is 0 Å². The zero-order valence-electron chi connectivity index (χ0n) is 11.6. The quantitative estimate of drug-likeness (QED) is 0.384. The number of nitrogens with one attached hydrogen (secondary N) is 1. The molecule has 0 unspecified atom stereocenters. The van der Waals surface area contributed by atoms with Gasteiger partial charge >= 0.3 is 5.13 Å². The molecule has 2 aromatic rings. The van der Waals surface area contributed by atoms with Crippen molar-refractivity contribution in [2.45, 2.75) is 6.42 Å². The van der Waals surface area contributed by atoms with Crippen molar-refractivity contribution < 1.29 is 4.57 Å². The zero-order chi connectivity index (χ0) is 15.1. The lowest BCUT2D eigenvalue weighted by Gasteiger charge is -2.17. The van der Waals surface area contributed by atoms with E-state index in [1.165, 1.54) is 17.7 Å². The van der Waals surface area contributed by atoms with Crippen LogP contribution in [0.15, 0.2) is 46.1 Å². The number of thiazole rings is 1. The minimum atomic E-state index is 0.500. The maximum atomic E-state index is 8.59. The summed E-state index contributed by atoms with van der Waals surface area (Å²) in [6.07, 6.45) is 3.46. The number of hydrogen-bond donors (Lipinski definition) is 1. The largest absolute Gasteiger partial charge is 0.374 e. The van der Waals surface area contributed by atoms with Crippen molar-refractivity contribution in [3.8, 4) is 6.07 Å². The number of nitriles is 1. The third kappa shape index (κ3) is 3.94. The van der Waals surface area contributed by atoms with Gasteiger partial charge in [-0.1, -0.05) is 16.5 Å². The molecule has 7 heteroatoms. The Hall–Kier alpha value is -2.59. The lowest BCUT2D eigenvalue weighted by Crippen LogP contribution is -2.29. The molecule has 0 amide bonds. The Kier molecular flexibility index (Phi) is 5.12. The molecule has 2 rings (SSSR count). The monoisotopic (exact) mass is 299 g/mol. The molecule has 21 heavy (non-hydrogen) atoms. The first-order valence-corrected chi connectivity index (χ1v) is 7.21. The van der Waals surface area contributed by atoms with Gasteiger partial charge < -0.3 is 4.90 Å². The second-order valence-electron chi connectivity index (χ2n) is 4.27. The molecule has 0 aliphatic heterocycles. The molecule has 1 heterocycles. The maximum Gasteiger partial charge on any atom is 0.349 e. The van der Waals surface area contributed by atoms with Crippen LogP contribution in [0, 0.1) is 16.7 Å². The van der Waals surface area contributed by atoms with Gasteiger partial charge in [0.15, 0.2) is 0 Å². The van der Waals surface area contributed by atoms with Crippen LogP contribution in [-0.4, -0.2) is 19.9 Å². The Morgan fingerprint density at radius 1 is 1.38 bits per heavy atom. The van der Waals surface area contributed by atoms with Crippen molar-refractivity contribution >= 4 is 34.2 Å². The summed E-state index contributed by atoms with van der Waals surface area (Å²) in [5.41, 5.74) is 1.78. The molecule has 6 nitrogen and oxygen atoms in total. The van der Waals surface area contributed by atoms with Crippen LogP contribution in [0.2, 0.25) is 0 Å². The highest BCUT2D eigenvalue weighted by Gasteiger charge is 2.06. The van der Waals surface area contributed by atoms with Crippen LogP contribution in [0.4, 0.5) is 16.5 Å². The molecule has 1 aromatic carbocycles. The third-order valence-electron chi connectivity index (χ3n) is 2.86.